The molecule has 1 aromatic carbocycles. The largest absolute Gasteiger partial charge is 0.481 e. The number of rotatable bonds is 7. The van der Waals surface area contributed by atoms with Crippen LogP contribution in [0.4, 0.5) is 4.79 Å². The zero-order valence-electron chi connectivity index (χ0n) is 12.3. The van der Waals surface area contributed by atoms with Crippen molar-refractivity contribution in [2.45, 2.75) is 26.3 Å². The van der Waals surface area contributed by atoms with Crippen molar-refractivity contribution in [3.8, 4) is 0 Å². The number of carboxylic acids is 1. The van der Waals surface area contributed by atoms with Gasteiger partial charge in [-0.2, -0.15) is 0 Å². The van der Waals surface area contributed by atoms with Crippen LogP contribution in [0.15, 0.2) is 28.7 Å². The van der Waals surface area contributed by atoms with E-state index >= 15 is 0 Å². The summed E-state index contributed by atoms with van der Waals surface area (Å²) < 4.78 is 0.972. The molecule has 0 heterocycles. The molecule has 1 aromatic rings. The third-order valence-electron chi connectivity index (χ3n) is 3.22. The molecule has 0 aliphatic rings. The SMILES string of the molecule is CC(CCCNC(=O)N(C)Cc1ccccc1Br)C(=O)O. The molecule has 21 heavy (non-hydrogen) atoms. The van der Waals surface area contributed by atoms with Crippen molar-refractivity contribution in [1.29, 1.82) is 0 Å². The third kappa shape index (κ3) is 6.16. The fourth-order valence-corrected chi connectivity index (χ4v) is 2.23. The Bertz CT molecular complexity index is 494. The molecule has 0 fully saturated rings. The number of carbonyl (C=O) groups is 2. The van der Waals surface area contributed by atoms with Gasteiger partial charge in [0.25, 0.3) is 0 Å². The average Bonchev–Trinajstić information content (AvgIpc) is 2.45. The van der Waals surface area contributed by atoms with Gasteiger partial charge in [-0.15, -0.1) is 0 Å². The predicted octanol–water partition coefficient (Wildman–Crippen LogP) is 3.09. The number of aliphatic carboxylic acids is 1. The highest BCUT2D eigenvalue weighted by atomic mass is 79.9. The molecule has 2 N–H and O–H groups in total. The van der Waals surface area contributed by atoms with E-state index in [1.807, 2.05) is 24.3 Å². The summed E-state index contributed by atoms with van der Waals surface area (Å²) in [4.78, 5) is 24.2. The number of carbonyl (C=O) groups excluding carboxylic acids is 1. The van der Waals surface area contributed by atoms with Gasteiger partial charge in [0.15, 0.2) is 0 Å². The monoisotopic (exact) mass is 356 g/mol. The number of carboxylic acid groups (broad SMARTS) is 1. The molecule has 1 atom stereocenters. The Labute approximate surface area is 133 Å². The Morgan fingerprint density at radius 3 is 2.67 bits per heavy atom. The van der Waals surface area contributed by atoms with Gasteiger partial charge in [0, 0.05) is 24.6 Å². The van der Waals surface area contributed by atoms with E-state index < -0.39 is 5.97 Å². The minimum Gasteiger partial charge on any atom is -0.481 e. The maximum absolute atomic E-state index is 11.9. The Morgan fingerprint density at radius 2 is 2.05 bits per heavy atom. The lowest BCUT2D eigenvalue weighted by Gasteiger charge is -2.19. The second kappa shape index (κ2) is 8.67. The molecule has 6 heteroatoms. The number of benzene rings is 1. The summed E-state index contributed by atoms with van der Waals surface area (Å²) in [5, 5.41) is 11.6. The summed E-state index contributed by atoms with van der Waals surface area (Å²) in [5.74, 6) is -1.17. The highest BCUT2D eigenvalue weighted by Crippen LogP contribution is 2.17. The topological polar surface area (TPSA) is 69.6 Å². The number of nitrogens with zero attached hydrogens (tertiary/aromatic N) is 1. The van der Waals surface area contributed by atoms with E-state index in [4.69, 9.17) is 5.11 Å². The highest BCUT2D eigenvalue weighted by molar-refractivity contribution is 9.10. The van der Waals surface area contributed by atoms with Gasteiger partial charge >= 0.3 is 12.0 Å². The highest BCUT2D eigenvalue weighted by Gasteiger charge is 2.12. The Kier molecular flexibility index (Phi) is 7.22. The van der Waals surface area contributed by atoms with E-state index in [1.165, 1.54) is 0 Å². The van der Waals surface area contributed by atoms with Crippen molar-refractivity contribution < 1.29 is 14.7 Å². The number of urea groups is 1. The fourth-order valence-electron chi connectivity index (χ4n) is 1.82. The normalized spacial score (nSPS) is 11.8. The van der Waals surface area contributed by atoms with Gasteiger partial charge in [0.05, 0.1) is 5.92 Å². The summed E-state index contributed by atoms with van der Waals surface area (Å²) >= 11 is 3.45. The molecule has 2 amide bonds. The first-order chi connectivity index (χ1) is 9.91. The van der Waals surface area contributed by atoms with E-state index in [0.29, 0.717) is 25.9 Å². The Morgan fingerprint density at radius 1 is 1.38 bits per heavy atom. The first-order valence-electron chi connectivity index (χ1n) is 6.87. The summed E-state index contributed by atoms with van der Waals surface area (Å²) in [6.07, 6.45) is 1.21. The van der Waals surface area contributed by atoms with E-state index in [9.17, 15) is 9.59 Å². The van der Waals surface area contributed by atoms with Crippen molar-refractivity contribution in [1.82, 2.24) is 10.2 Å². The molecule has 0 aliphatic heterocycles. The average molecular weight is 357 g/mol. The summed E-state index contributed by atoms with van der Waals surface area (Å²) in [6.45, 7) is 2.67. The van der Waals surface area contributed by atoms with Crippen LogP contribution < -0.4 is 5.32 Å². The zero-order valence-corrected chi connectivity index (χ0v) is 13.9. The number of hydrogen-bond donors (Lipinski definition) is 2. The number of halogens is 1. The van der Waals surface area contributed by atoms with Crippen LogP contribution in [-0.2, 0) is 11.3 Å². The number of nitrogens with one attached hydrogen (secondary N) is 1. The predicted molar refractivity (Wildman–Crippen MR) is 85.0 cm³/mol. The van der Waals surface area contributed by atoms with Gasteiger partial charge in [0.1, 0.15) is 0 Å². The first kappa shape index (κ1) is 17.5. The molecule has 1 unspecified atom stereocenters. The van der Waals surface area contributed by atoms with Gasteiger partial charge < -0.3 is 15.3 Å². The van der Waals surface area contributed by atoms with Crippen LogP contribution in [0.3, 0.4) is 0 Å². The molecule has 0 spiro atoms. The molecule has 0 saturated heterocycles. The Balaban J connectivity index is 2.32. The number of amides is 2. The second-order valence-corrected chi connectivity index (χ2v) is 5.92. The molecule has 0 aliphatic carbocycles. The smallest absolute Gasteiger partial charge is 0.317 e. The molecular formula is C15H21BrN2O3. The number of hydrogen-bond acceptors (Lipinski definition) is 2. The maximum Gasteiger partial charge on any atom is 0.317 e. The molecule has 0 bridgehead atoms. The van der Waals surface area contributed by atoms with Crippen LogP contribution in [0.1, 0.15) is 25.3 Å². The minimum atomic E-state index is -0.799. The lowest BCUT2D eigenvalue weighted by atomic mass is 10.1. The van der Waals surface area contributed by atoms with Crippen LogP contribution in [0.2, 0.25) is 0 Å². The van der Waals surface area contributed by atoms with E-state index in [-0.39, 0.29) is 11.9 Å². The zero-order chi connectivity index (χ0) is 15.8. The Hall–Kier alpha value is -1.56. The minimum absolute atomic E-state index is 0.159. The van der Waals surface area contributed by atoms with Crippen molar-refractivity contribution in [3.63, 3.8) is 0 Å². The van der Waals surface area contributed by atoms with Crippen LogP contribution in [-0.4, -0.2) is 35.6 Å². The lowest BCUT2D eigenvalue weighted by Crippen LogP contribution is -2.37. The van der Waals surface area contributed by atoms with Gasteiger partial charge in [-0.3, -0.25) is 4.79 Å². The summed E-state index contributed by atoms with van der Waals surface area (Å²) in [6, 6.07) is 7.60. The third-order valence-corrected chi connectivity index (χ3v) is 4.00. The van der Waals surface area contributed by atoms with Crippen LogP contribution >= 0.6 is 15.9 Å². The van der Waals surface area contributed by atoms with E-state index in [1.54, 1.807) is 18.9 Å². The van der Waals surface area contributed by atoms with Crippen LogP contribution in [0.5, 0.6) is 0 Å². The molecule has 0 saturated carbocycles. The van der Waals surface area contributed by atoms with Gasteiger partial charge in [-0.05, 0) is 24.5 Å². The molecule has 116 valence electrons. The van der Waals surface area contributed by atoms with Gasteiger partial charge in [-0.25, -0.2) is 4.79 Å². The van der Waals surface area contributed by atoms with Crippen molar-refractivity contribution in [2.24, 2.45) is 5.92 Å². The maximum atomic E-state index is 11.9. The summed E-state index contributed by atoms with van der Waals surface area (Å²) in [7, 11) is 1.73. The molecule has 0 radical (unpaired) electrons. The van der Waals surface area contributed by atoms with E-state index in [2.05, 4.69) is 21.2 Å². The second-order valence-electron chi connectivity index (χ2n) is 5.06. The summed E-state index contributed by atoms with van der Waals surface area (Å²) in [5.41, 5.74) is 1.04. The van der Waals surface area contributed by atoms with Crippen molar-refractivity contribution in [2.75, 3.05) is 13.6 Å². The van der Waals surface area contributed by atoms with E-state index in [0.717, 1.165) is 10.0 Å². The molecule has 5 nitrogen and oxygen atoms in total. The fraction of sp³-hybridized carbons (Fsp3) is 0.467. The van der Waals surface area contributed by atoms with Crippen LogP contribution in [0, 0.1) is 5.92 Å². The lowest BCUT2D eigenvalue weighted by molar-refractivity contribution is -0.141. The van der Waals surface area contributed by atoms with Gasteiger partial charge in [0.2, 0.25) is 0 Å². The standard InChI is InChI=1S/C15H21BrN2O3/c1-11(14(19)20)6-5-9-17-15(21)18(2)10-12-7-3-4-8-13(12)16/h3-4,7-8,11H,5-6,9-10H2,1-2H3,(H,17,21)(H,19,20). The molecule has 1 rings (SSSR count). The molecular weight excluding hydrogens is 336 g/mol. The first-order valence-corrected chi connectivity index (χ1v) is 7.66. The quantitative estimate of drug-likeness (QED) is 0.737. The van der Waals surface area contributed by atoms with Crippen molar-refractivity contribution in [3.05, 3.63) is 34.3 Å². The van der Waals surface area contributed by atoms with Crippen LogP contribution in [0.25, 0.3) is 0 Å². The van der Waals surface area contributed by atoms with Crippen molar-refractivity contribution >= 4 is 27.9 Å². The molecule has 0 aromatic heterocycles. The van der Waals surface area contributed by atoms with Gasteiger partial charge in [-0.1, -0.05) is 41.1 Å².